The Hall–Kier alpha value is -2.96. The molecule has 2 aromatic heterocycles. The number of aromatic nitrogens is 5. The van der Waals surface area contributed by atoms with Crippen LogP contribution in [0.3, 0.4) is 0 Å². The van der Waals surface area contributed by atoms with Gasteiger partial charge in [0.15, 0.2) is 0 Å². The van der Waals surface area contributed by atoms with Crippen molar-refractivity contribution in [1.82, 2.24) is 24.7 Å². The third kappa shape index (κ3) is 2.97. The van der Waals surface area contributed by atoms with E-state index in [0.717, 1.165) is 0 Å². The van der Waals surface area contributed by atoms with E-state index in [4.69, 9.17) is 5.73 Å². The molecule has 0 aliphatic carbocycles. The molecule has 0 fully saturated rings. The average molecular weight is 281 g/mol. The standard InChI is InChI=1S/C14H15N7/c1-20(10-11-6-3-2-4-7-11)13-17-12(15)18-14(19-13)21-9-5-8-16-21/h2-9H,10H2,1H3,(H2,15,17,18,19). The highest BCUT2D eigenvalue weighted by molar-refractivity contribution is 5.38. The van der Waals surface area contributed by atoms with Crippen molar-refractivity contribution in [3.8, 4) is 5.95 Å². The summed E-state index contributed by atoms with van der Waals surface area (Å²) in [5.74, 6) is 1.09. The second kappa shape index (κ2) is 5.58. The van der Waals surface area contributed by atoms with E-state index in [0.29, 0.717) is 18.4 Å². The Kier molecular flexibility index (Phi) is 3.46. The lowest BCUT2D eigenvalue weighted by Gasteiger charge is -2.17. The third-order valence-corrected chi connectivity index (χ3v) is 2.94. The molecule has 3 aromatic rings. The summed E-state index contributed by atoms with van der Waals surface area (Å²) in [5.41, 5.74) is 6.93. The molecule has 2 heterocycles. The van der Waals surface area contributed by atoms with Gasteiger partial charge in [0.1, 0.15) is 0 Å². The number of nitrogens with two attached hydrogens (primary N) is 1. The summed E-state index contributed by atoms with van der Waals surface area (Å²) >= 11 is 0. The molecule has 106 valence electrons. The first-order valence-corrected chi connectivity index (χ1v) is 6.49. The Balaban J connectivity index is 1.88. The molecule has 0 radical (unpaired) electrons. The summed E-state index contributed by atoms with van der Waals surface area (Å²) in [6.07, 6.45) is 3.42. The molecule has 3 rings (SSSR count). The normalized spacial score (nSPS) is 10.5. The van der Waals surface area contributed by atoms with Gasteiger partial charge < -0.3 is 10.6 Å². The molecule has 0 aliphatic heterocycles. The highest BCUT2D eigenvalue weighted by atomic mass is 15.4. The topological polar surface area (TPSA) is 85.8 Å². The van der Waals surface area contributed by atoms with E-state index in [-0.39, 0.29) is 5.95 Å². The Morgan fingerprint density at radius 1 is 1.10 bits per heavy atom. The van der Waals surface area contributed by atoms with Crippen LogP contribution < -0.4 is 10.6 Å². The van der Waals surface area contributed by atoms with Gasteiger partial charge in [-0.2, -0.15) is 20.1 Å². The van der Waals surface area contributed by atoms with Crippen LogP contribution in [0.25, 0.3) is 5.95 Å². The van der Waals surface area contributed by atoms with Gasteiger partial charge in [0.05, 0.1) is 0 Å². The quantitative estimate of drug-likeness (QED) is 0.775. The van der Waals surface area contributed by atoms with Crippen molar-refractivity contribution in [1.29, 1.82) is 0 Å². The number of nitrogen functional groups attached to an aromatic ring is 1. The Bertz CT molecular complexity index is 709. The van der Waals surface area contributed by atoms with Crippen molar-refractivity contribution in [2.24, 2.45) is 0 Å². The van der Waals surface area contributed by atoms with Crippen LogP contribution in [0.1, 0.15) is 5.56 Å². The van der Waals surface area contributed by atoms with Gasteiger partial charge in [0.2, 0.25) is 11.9 Å². The lowest BCUT2D eigenvalue weighted by atomic mass is 10.2. The minimum absolute atomic E-state index is 0.172. The highest BCUT2D eigenvalue weighted by Crippen LogP contribution is 2.13. The maximum absolute atomic E-state index is 5.77. The number of nitrogens with zero attached hydrogens (tertiary/aromatic N) is 6. The van der Waals surface area contributed by atoms with Gasteiger partial charge in [-0.1, -0.05) is 30.3 Å². The van der Waals surface area contributed by atoms with Crippen molar-refractivity contribution in [3.05, 3.63) is 54.4 Å². The van der Waals surface area contributed by atoms with Gasteiger partial charge in [-0.05, 0) is 11.6 Å². The number of hydrogen-bond acceptors (Lipinski definition) is 6. The van der Waals surface area contributed by atoms with Crippen molar-refractivity contribution < 1.29 is 0 Å². The molecule has 0 atom stereocenters. The van der Waals surface area contributed by atoms with Crippen LogP contribution in [0, 0.1) is 0 Å². The van der Waals surface area contributed by atoms with E-state index in [2.05, 4.69) is 32.2 Å². The molecular formula is C14H15N7. The van der Waals surface area contributed by atoms with Gasteiger partial charge in [-0.15, -0.1) is 0 Å². The monoisotopic (exact) mass is 281 g/mol. The van der Waals surface area contributed by atoms with Crippen LogP contribution in [0.2, 0.25) is 0 Å². The zero-order valence-corrected chi connectivity index (χ0v) is 11.6. The van der Waals surface area contributed by atoms with E-state index in [1.54, 1.807) is 23.1 Å². The molecule has 7 nitrogen and oxygen atoms in total. The molecule has 21 heavy (non-hydrogen) atoms. The summed E-state index contributed by atoms with van der Waals surface area (Å²) in [5, 5.41) is 4.10. The van der Waals surface area contributed by atoms with Crippen molar-refractivity contribution in [3.63, 3.8) is 0 Å². The number of anilines is 2. The molecule has 7 heteroatoms. The van der Waals surface area contributed by atoms with Crippen molar-refractivity contribution in [2.45, 2.75) is 6.54 Å². The minimum Gasteiger partial charge on any atom is -0.368 e. The average Bonchev–Trinajstić information content (AvgIpc) is 3.02. The van der Waals surface area contributed by atoms with Crippen LogP contribution in [0.15, 0.2) is 48.8 Å². The Morgan fingerprint density at radius 2 is 1.90 bits per heavy atom. The fourth-order valence-electron chi connectivity index (χ4n) is 1.96. The molecule has 0 saturated carbocycles. The molecule has 0 bridgehead atoms. The van der Waals surface area contributed by atoms with Crippen LogP contribution in [0.5, 0.6) is 0 Å². The lowest BCUT2D eigenvalue weighted by molar-refractivity contribution is 0.777. The van der Waals surface area contributed by atoms with E-state index in [9.17, 15) is 0 Å². The SMILES string of the molecule is CN(Cc1ccccc1)c1nc(N)nc(-n2cccn2)n1. The third-order valence-electron chi connectivity index (χ3n) is 2.94. The predicted octanol–water partition coefficient (Wildman–Crippen LogP) is 1.28. The zero-order chi connectivity index (χ0) is 14.7. The van der Waals surface area contributed by atoms with E-state index in [1.807, 2.05) is 30.1 Å². The molecule has 0 saturated heterocycles. The summed E-state index contributed by atoms with van der Waals surface area (Å²) in [6, 6.07) is 11.9. The number of hydrogen-bond donors (Lipinski definition) is 1. The Labute approximate surface area is 122 Å². The van der Waals surface area contributed by atoms with Crippen LogP contribution in [-0.4, -0.2) is 31.8 Å². The molecule has 0 amide bonds. The molecule has 0 aliphatic rings. The maximum atomic E-state index is 5.77. The van der Waals surface area contributed by atoms with Crippen molar-refractivity contribution >= 4 is 11.9 Å². The molecule has 0 unspecified atom stereocenters. The van der Waals surface area contributed by atoms with Crippen molar-refractivity contribution in [2.75, 3.05) is 17.7 Å². The minimum atomic E-state index is 0.172. The fraction of sp³-hybridized carbons (Fsp3) is 0.143. The molecule has 0 spiro atoms. The first-order chi connectivity index (χ1) is 10.2. The fourth-order valence-corrected chi connectivity index (χ4v) is 1.96. The number of rotatable bonds is 4. The van der Waals surface area contributed by atoms with Gasteiger partial charge in [0, 0.05) is 26.0 Å². The summed E-state index contributed by atoms with van der Waals surface area (Å²) in [6.45, 7) is 0.683. The second-order valence-corrected chi connectivity index (χ2v) is 4.59. The molecule has 1 aromatic carbocycles. The van der Waals surface area contributed by atoms with Crippen LogP contribution >= 0.6 is 0 Å². The summed E-state index contributed by atoms with van der Waals surface area (Å²) < 4.78 is 1.55. The van der Waals surface area contributed by atoms with E-state index >= 15 is 0 Å². The lowest BCUT2D eigenvalue weighted by Crippen LogP contribution is -2.21. The molecule has 2 N–H and O–H groups in total. The summed E-state index contributed by atoms with van der Waals surface area (Å²) in [7, 11) is 1.91. The Morgan fingerprint density at radius 3 is 2.62 bits per heavy atom. The predicted molar refractivity (Wildman–Crippen MR) is 79.9 cm³/mol. The van der Waals surface area contributed by atoms with E-state index in [1.165, 1.54) is 5.56 Å². The smallest absolute Gasteiger partial charge is 0.257 e. The first kappa shape index (κ1) is 13.0. The number of benzene rings is 1. The van der Waals surface area contributed by atoms with E-state index < -0.39 is 0 Å². The van der Waals surface area contributed by atoms with Crippen LogP contribution in [0.4, 0.5) is 11.9 Å². The van der Waals surface area contributed by atoms with Gasteiger partial charge >= 0.3 is 0 Å². The van der Waals surface area contributed by atoms with Crippen LogP contribution in [-0.2, 0) is 6.54 Å². The van der Waals surface area contributed by atoms with Gasteiger partial charge in [0.25, 0.3) is 5.95 Å². The summed E-state index contributed by atoms with van der Waals surface area (Å²) in [4.78, 5) is 14.6. The molecular weight excluding hydrogens is 266 g/mol. The second-order valence-electron chi connectivity index (χ2n) is 4.59. The first-order valence-electron chi connectivity index (χ1n) is 6.49. The maximum Gasteiger partial charge on any atom is 0.257 e. The largest absolute Gasteiger partial charge is 0.368 e. The zero-order valence-electron chi connectivity index (χ0n) is 11.6. The van der Waals surface area contributed by atoms with Gasteiger partial charge in [-0.25, -0.2) is 4.68 Å². The highest BCUT2D eigenvalue weighted by Gasteiger charge is 2.10. The van der Waals surface area contributed by atoms with Gasteiger partial charge in [-0.3, -0.25) is 0 Å².